The average Bonchev–Trinajstić information content (AvgIpc) is 2.89. The number of aryl methyl sites for hydroxylation is 1. The van der Waals surface area contributed by atoms with E-state index in [-0.39, 0.29) is 5.82 Å². The van der Waals surface area contributed by atoms with Crippen molar-refractivity contribution < 1.29 is 4.39 Å². The Morgan fingerprint density at radius 3 is 1.74 bits per heavy atom. The molecule has 0 bridgehead atoms. The summed E-state index contributed by atoms with van der Waals surface area (Å²) in [5.74, 6) is 5.58. The van der Waals surface area contributed by atoms with Crippen LogP contribution >= 0.6 is 0 Å². The van der Waals surface area contributed by atoms with Crippen molar-refractivity contribution in [2.24, 2.45) is 35.5 Å². The highest BCUT2D eigenvalue weighted by Gasteiger charge is 2.30. The van der Waals surface area contributed by atoms with Gasteiger partial charge in [-0.3, -0.25) is 0 Å². The zero-order chi connectivity index (χ0) is 23.6. The minimum atomic E-state index is -0.121. The fourth-order valence-corrected chi connectivity index (χ4v) is 7.45. The number of benzene rings is 1. The lowest BCUT2D eigenvalue weighted by molar-refractivity contribution is 0.151. The summed E-state index contributed by atoms with van der Waals surface area (Å²) < 4.78 is 13.1. The number of halogens is 1. The minimum Gasteiger partial charge on any atom is -0.207 e. The quantitative estimate of drug-likeness (QED) is 0.237. The van der Waals surface area contributed by atoms with E-state index in [1.54, 1.807) is 12.1 Å². The van der Waals surface area contributed by atoms with Crippen LogP contribution in [0.5, 0.6) is 0 Å². The highest BCUT2D eigenvalue weighted by Crippen LogP contribution is 2.43. The summed E-state index contributed by atoms with van der Waals surface area (Å²) in [6, 6.07) is 7.12. The first-order chi connectivity index (χ1) is 16.7. The van der Waals surface area contributed by atoms with Gasteiger partial charge in [-0.25, -0.2) is 4.39 Å². The summed E-state index contributed by atoms with van der Waals surface area (Å²) in [6.45, 7) is 2.33. The van der Waals surface area contributed by atoms with Crippen molar-refractivity contribution in [3.63, 3.8) is 0 Å². The Labute approximate surface area is 210 Å². The van der Waals surface area contributed by atoms with E-state index < -0.39 is 0 Å². The van der Waals surface area contributed by atoms with Crippen LogP contribution < -0.4 is 0 Å². The maximum atomic E-state index is 13.1. The second kappa shape index (κ2) is 13.8. The number of hydrogen-bond acceptors (Lipinski definition) is 0. The molecule has 1 heteroatoms. The van der Waals surface area contributed by atoms with Crippen molar-refractivity contribution in [1.82, 2.24) is 0 Å². The first-order valence-electron chi connectivity index (χ1n) is 15.1. The molecule has 3 aliphatic carbocycles. The predicted octanol–water partition coefficient (Wildman–Crippen LogP) is 10.3. The summed E-state index contributed by atoms with van der Waals surface area (Å²) in [4.78, 5) is 0. The molecular formula is C33H51F. The molecule has 190 valence electrons. The van der Waals surface area contributed by atoms with E-state index in [2.05, 4.69) is 19.1 Å². The van der Waals surface area contributed by atoms with Crippen LogP contribution in [0.15, 0.2) is 36.4 Å². The van der Waals surface area contributed by atoms with Gasteiger partial charge in [0.25, 0.3) is 0 Å². The molecule has 0 aliphatic heterocycles. The van der Waals surface area contributed by atoms with Gasteiger partial charge in [0, 0.05) is 0 Å². The van der Waals surface area contributed by atoms with E-state index in [4.69, 9.17) is 0 Å². The van der Waals surface area contributed by atoms with Gasteiger partial charge in [0.15, 0.2) is 0 Å². The summed E-state index contributed by atoms with van der Waals surface area (Å²) in [5.41, 5.74) is 1.29. The smallest absolute Gasteiger partial charge is 0.123 e. The molecule has 1 aromatic rings. The lowest BCUT2D eigenvalue weighted by Crippen LogP contribution is -2.25. The Morgan fingerprint density at radius 1 is 0.647 bits per heavy atom. The molecule has 0 N–H and O–H groups in total. The number of hydrogen-bond donors (Lipinski definition) is 0. The summed E-state index contributed by atoms with van der Waals surface area (Å²) in [7, 11) is 0. The van der Waals surface area contributed by atoms with Crippen LogP contribution in [0.25, 0.3) is 0 Å². The van der Waals surface area contributed by atoms with Crippen molar-refractivity contribution in [3.8, 4) is 0 Å². The molecule has 3 saturated carbocycles. The monoisotopic (exact) mass is 466 g/mol. The molecule has 1 aromatic carbocycles. The second-order valence-electron chi connectivity index (χ2n) is 12.3. The highest BCUT2D eigenvalue weighted by atomic mass is 19.1. The van der Waals surface area contributed by atoms with E-state index in [0.717, 1.165) is 41.9 Å². The highest BCUT2D eigenvalue weighted by molar-refractivity contribution is 5.16. The maximum Gasteiger partial charge on any atom is 0.123 e. The third-order valence-corrected chi connectivity index (χ3v) is 9.89. The van der Waals surface area contributed by atoms with Gasteiger partial charge < -0.3 is 0 Å². The van der Waals surface area contributed by atoms with Gasteiger partial charge in [0.05, 0.1) is 0 Å². The van der Waals surface area contributed by atoms with E-state index in [0.29, 0.717) is 0 Å². The van der Waals surface area contributed by atoms with E-state index >= 15 is 0 Å². The number of unbranched alkanes of at least 4 members (excludes halogenated alkanes) is 2. The molecule has 0 nitrogen and oxygen atoms in total. The van der Waals surface area contributed by atoms with Gasteiger partial charge in [0.2, 0.25) is 0 Å². The molecule has 0 aromatic heterocycles. The average molecular weight is 467 g/mol. The lowest BCUT2D eigenvalue weighted by atomic mass is 9.68. The first-order valence-corrected chi connectivity index (χ1v) is 15.1. The van der Waals surface area contributed by atoms with Gasteiger partial charge >= 0.3 is 0 Å². The lowest BCUT2D eigenvalue weighted by Gasteiger charge is -2.37. The molecule has 0 atom stereocenters. The topological polar surface area (TPSA) is 0 Å². The molecule has 34 heavy (non-hydrogen) atoms. The normalized spacial score (nSPS) is 32.8. The molecule has 0 heterocycles. The van der Waals surface area contributed by atoms with Gasteiger partial charge in [-0.15, -0.1) is 0 Å². The zero-order valence-electron chi connectivity index (χ0n) is 22.0. The van der Waals surface area contributed by atoms with Crippen molar-refractivity contribution >= 4 is 0 Å². The van der Waals surface area contributed by atoms with E-state index in [9.17, 15) is 4.39 Å². The van der Waals surface area contributed by atoms with Crippen molar-refractivity contribution in [3.05, 3.63) is 47.8 Å². The van der Waals surface area contributed by atoms with Crippen LogP contribution in [0.4, 0.5) is 4.39 Å². The first kappa shape index (κ1) is 26.0. The SMILES string of the molecule is CCCCCC1CCC(C2CCC(/C=C/C3CCC(CCc4ccc(F)cc4)CC3)CC2)CC1. The number of rotatable bonds is 10. The van der Waals surface area contributed by atoms with Crippen LogP contribution in [0.3, 0.4) is 0 Å². The summed E-state index contributed by atoms with van der Waals surface area (Å²) in [5, 5.41) is 0. The molecule has 3 fully saturated rings. The maximum absolute atomic E-state index is 13.1. The summed E-state index contributed by atoms with van der Waals surface area (Å²) >= 11 is 0. The third kappa shape index (κ3) is 8.23. The Balaban J connectivity index is 1.08. The van der Waals surface area contributed by atoms with Crippen LogP contribution in [-0.2, 0) is 6.42 Å². The minimum absolute atomic E-state index is 0.121. The van der Waals surface area contributed by atoms with Crippen molar-refractivity contribution in [2.45, 2.75) is 122 Å². The molecule has 0 unspecified atom stereocenters. The molecule has 3 aliphatic rings. The molecule has 4 rings (SSSR count). The fraction of sp³-hybridized carbons (Fsp3) is 0.758. The van der Waals surface area contributed by atoms with Gasteiger partial charge in [-0.05, 0) is 130 Å². The van der Waals surface area contributed by atoms with Crippen LogP contribution in [0.2, 0.25) is 0 Å². The summed E-state index contributed by atoms with van der Waals surface area (Å²) in [6.07, 6.45) is 30.9. The largest absolute Gasteiger partial charge is 0.207 e. The Bertz CT molecular complexity index is 695. The predicted molar refractivity (Wildman–Crippen MR) is 144 cm³/mol. The molecular weight excluding hydrogens is 415 g/mol. The van der Waals surface area contributed by atoms with Crippen LogP contribution in [0, 0.1) is 41.3 Å². The van der Waals surface area contributed by atoms with E-state index in [1.807, 2.05) is 12.1 Å². The van der Waals surface area contributed by atoms with E-state index in [1.165, 1.54) is 115 Å². The van der Waals surface area contributed by atoms with Crippen LogP contribution in [0.1, 0.15) is 122 Å². The van der Waals surface area contributed by atoms with Crippen molar-refractivity contribution in [1.29, 1.82) is 0 Å². The standard InChI is InChI=1S/C33H51F/c1-2-3-4-5-26-14-20-31(21-15-26)32-22-16-29(17-23-32)12-10-27-6-8-28(9-7-27)11-13-30-18-24-33(34)25-19-30/h10,12,18-19,24-29,31-32H,2-9,11,13-17,20-23H2,1H3/b12-10+. The molecule has 0 amide bonds. The second-order valence-corrected chi connectivity index (χ2v) is 12.3. The molecule has 0 radical (unpaired) electrons. The van der Waals surface area contributed by atoms with Crippen LogP contribution in [-0.4, -0.2) is 0 Å². The Morgan fingerprint density at radius 2 is 1.15 bits per heavy atom. The zero-order valence-corrected chi connectivity index (χ0v) is 22.0. The Hall–Kier alpha value is -1.11. The van der Waals surface area contributed by atoms with Gasteiger partial charge in [-0.2, -0.15) is 0 Å². The van der Waals surface area contributed by atoms with Gasteiger partial charge in [-0.1, -0.05) is 69.7 Å². The van der Waals surface area contributed by atoms with Gasteiger partial charge in [0.1, 0.15) is 5.82 Å². The molecule has 0 saturated heterocycles. The number of allylic oxidation sites excluding steroid dienone is 2. The Kier molecular flexibility index (Phi) is 10.6. The van der Waals surface area contributed by atoms with Crippen molar-refractivity contribution in [2.75, 3.05) is 0 Å². The third-order valence-electron chi connectivity index (χ3n) is 9.89. The molecule has 0 spiro atoms. The fourth-order valence-electron chi connectivity index (χ4n) is 7.45.